The average molecular weight is 363 g/mol. The molecule has 8 heteroatoms. The molecule has 0 saturated carbocycles. The van der Waals surface area contributed by atoms with Crippen LogP contribution in [0.5, 0.6) is 0 Å². The lowest BCUT2D eigenvalue weighted by molar-refractivity contribution is -0.119. The maximum atomic E-state index is 14.8. The molecule has 1 unspecified atom stereocenters. The zero-order valence-electron chi connectivity index (χ0n) is 14.4. The van der Waals surface area contributed by atoms with Gasteiger partial charge in [-0.3, -0.25) is 4.79 Å². The number of primary amides is 1. The van der Waals surface area contributed by atoms with Crippen molar-refractivity contribution < 1.29 is 9.18 Å². The fraction of sp³-hybridized carbons (Fsp3) is 0.353. The van der Waals surface area contributed by atoms with Gasteiger partial charge in [-0.25, -0.2) is 4.39 Å². The zero-order valence-corrected chi connectivity index (χ0v) is 15.2. The maximum absolute atomic E-state index is 14.8. The first kappa shape index (κ1) is 20.4. The fourth-order valence-corrected chi connectivity index (χ4v) is 2.46. The van der Waals surface area contributed by atoms with Crippen molar-refractivity contribution in [3.8, 4) is 6.07 Å². The number of amides is 1. The molecule has 0 aliphatic carbocycles. The molecule has 1 amide bonds. The van der Waals surface area contributed by atoms with E-state index in [2.05, 4.69) is 10.6 Å². The van der Waals surface area contributed by atoms with E-state index in [4.69, 9.17) is 23.7 Å². The van der Waals surface area contributed by atoms with Crippen molar-refractivity contribution in [2.75, 3.05) is 10.6 Å². The molecule has 1 aromatic rings. The van der Waals surface area contributed by atoms with Crippen LogP contribution in [0.4, 0.5) is 15.8 Å². The van der Waals surface area contributed by atoms with Crippen LogP contribution in [0, 0.1) is 23.1 Å². The van der Waals surface area contributed by atoms with E-state index in [0.29, 0.717) is 12.1 Å². The van der Waals surface area contributed by atoms with Crippen molar-refractivity contribution in [1.82, 2.24) is 0 Å². The molecule has 1 aromatic carbocycles. The van der Waals surface area contributed by atoms with E-state index in [1.807, 2.05) is 19.9 Å². The maximum Gasteiger partial charge on any atom is 0.239 e. The predicted molar refractivity (Wildman–Crippen MR) is 101 cm³/mol. The number of nitrogens with one attached hydrogen (secondary N) is 2. The van der Waals surface area contributed by atoms with Gasteiger partial charge in [-0.2, -0.15) is 5.26 Å². The van der Waals surface area contributed by atoms with Crippen molar-refractivity contribution in [2.45, 2.75) is 33.2 Å². The van der Waals surface area contributed by atoms with Gasteiger partial charge in [0.25, 0.3) is 0 Å². The van der Waals surface area contributed by atoms with E-state index in [1.165, 1.54) is 18.2 Å². The number of hydrogen-bond acceptors (Lipinski definition) is 5. The van der Waals surface area contributed by atoms with Gasteiger partial charge in [-0.15, -0.1) is 0 Å². The summed E-state index contributed by atoms with van der Waals surface area (Å²) in [4.78, 5) is 11.8. The average Bonchev–Trinajstić information content (AvgIpc) is 2.49. The normalized spacial score (nSPS) is 12.4. The SMILES string of the molecule is CC(N)=CC(=S)Nc1c(C#N)ccc(NC(CC(C)C)C(N)=O)c1F. The van der Waals surface area contributed by atoms with Crippen molar-refractivity contribution >= 4 is 34.5 Å². The molecule has 0 saturated heterocycles. The van der Waals surface area contributed by atoms with E-state index in [0.717, 1.165) is 0 Å². The van der Waals surface area contributed by atoms with Gasteiger partial charge in [0.05, 0.1) is 16.9 Å². The lowest BCUT2D eigenvalue weighted by Gasteiger charge is -2.20. The molecule has 0 radical (unpaired) electrons. The molecule has 0 aliphatic rings. The molecule has 0 bridgehead atoms. The highest BCUT2D eigenvalue weighted by molar-refractivity contribution is 7.81. The van der Waals surface area contributed by atoms with Crippen LogP contribution in [0.3, 0.4) is 0 Å². The van der Waals surface area contributed by atoms with E-state index in [1.54, 1.807) is 6.92 Å². The van der Waals surface area contributed by atoms with Crippen LogP contribution in [0.25, 0.3) is 0 Å². The van der Waals surface area contributed by atoms with Crippen LogP contribution in [-0.2, 0) is 4.79 Å². The summed E-state index contributed by atoms with van der Waals surface area (Å²) in [6, 6.07) is 3.99. The minimum absolute atomic E-state index is 0.0576. The highest BCUT2D eigenvalue weighted by atomic mass is 32.1. The number of nitriles is 1. The molecule has 0 aliphatic heterocycles. The third-order valence-corrected chi connectivity index (χ3v) is 3.47. The second-order valence-corrected chi connectivity index (χ2v) is 6.51. The molecule has 1 atom stereocenters. The lowest BCUT2D eigenvalue weighted by Crippen LogP contribution is -2.36. The minimum atomic E-state index is -0.728. The van der Waals surface area contributed by atoms with Gasteiger partial charge in [-0.1, -0.05) is 26.1 Å². The minimum Gasteiger partial charge on any atom is -0.402 e. The number of carbonyl (C=O) groups is 1. The summed E-state index contributed by atoms with van der Waals surface area (Å²) in [6.45, 7) is 5.50. The first-order valence-electron chi connectivity index (χ1n) is 7.68. The number of rotatable bonds is 7. The first-order chi connectivity index (χ1) is 11.6. The molecule has 0 spiro atoms. The number of anilines is 2. The van der Waals surface area contributed by atoms with Crippen molar-refractivity contribution in [3.05, 3.63) is 35.3 Å². The Kier molecular flexibility index (Phi) is 7.33. The molecule has 0 heterocycles. The Labute approximate surface area is 152 Å². The number of nitrogens with zero attached hydrogens (tertiary/aromatic N) is 1. The highest BCUT2D eigenvalue weighted by Crippen LogP contribution is 2.28. The number of nitrogens with two attached hydrogens (primary N) is 2. The molecular formula is C17H22FN5OS. The Hall–Kier alpha value is -2.66. The number of hydrogen-bond donors (Lipinski definition) is 4. The van der Waals surface area contributed by atoms with E-state index in [9.17, 15) is 14.4 Å². The molecule has 6 nitrogen and oxygen atoms in total. The topological polar surface area (TPSA) is 117 Å². The lowest BCUT2D eigenvalue weighted by atomic mass is 10.0. The van der Waals surface area contributed by atoms with Gasteiger partial charge in [-0.05, 0) is 37.5 Å². The smallest absolute Gasteiger partial charge is 0.239 e. The van der Waals surface area contributed by atoms with Gasteiger partial charge in [0.2, 0.25) is 5.91 Å². The summed E-state index contributed by atoms with van der Waals surface area (Å²) in [5, 5.41) is 14.7. The van der Waals surface area contributed by atoms with E-state index < -0.39 is 17.8 Å². The number of halogens is 1. The van der Waals surface area contributed by atoms with Gasteiger partial charge < -0.3 is 22.1 Å². The molecule has 0 fully saturated rings. The van der Waals surface area contributed by atoms with Crippen molar-refractivity contribution in [2.24, 2.45) is 17.4 Å². The van der Waals surface area contributed by atoms with Gasteiger partial charge in [0.15, 0.2) is 5.82 Å². The molecule has 25 heavy (non-hydrogen) atoms. The van der Waals surface area contributed by atoms with Gasteiger partial charge in [0, 0.05) is 5.70 Å². The Bertz CT molecular complexity index is 735. The fourth-order valence-electron chi connectivity index (χ4n) is 2.17. The number of carbonyl (C=O) groups excluding carboxylic acids is 1. The van der Waals surface area contributed by atoms with Crippen LogP contribution >= 0.6 is 12.2 Å². The highest BCUT2D eigenvalue weighted by Gasteiger charge is 2.21. The van der Waals surface area contributed by atoms with Crippen LogP contribution in [0.1, 0.15) is 32.8 Å². The van der Waals surface area contributed by atoms with Crippen LogP contribution < -0.4 is 22.1 Å². The second-order valence-electron chi connectivity index (χ2n) is 6.07. The third-order valence-electron chi connectivity index (χ3n) is 3.25. The number of benzene rings is 1. The van der Waals surface area contributed by atoms with Crippen LogP contribution in [0.15, 0.2) is 23.9 Å². The van der Waals surface area contributed by atoms with Crippen molar-refractivity contribution in [1.29, 1.82) is 5.26 Å². The van der Waals surface area contributed by atoms with Gasteiger partial charge in [0.1, 0.15) is 17.1 Å². The summed E-state index contributed by atoms with van der Waals surface area (Å²) in [5.74, 6) is -1.11. The number of thiocarbonyl (C=S) groups is 1. The molecule has 134 valence electrons. The van der Waals surface area contributed by atoms with E-state index in [-0.39, 0.29) is 27.8 Å². The Morgan fingerprint density at radius 2 is 2.08 bits per heavy atom. The second kappa shape index (κ2) is 8.99. The quantitative estimate of drug-likeness (QED) is 0.437. The van der Waals surface area contributed by atoms with Crippen molar-refractivity contribution in [3.63, 3.8) is 0 Å². The molecule has 1 rings (SSSR count). The van der Waals surface area contributed by atoms with Crippen LogP contribution in [0.2, 0.25) is 0 Å². The van der Waals surface area contributed by atoms with Crippen LogP contribution in [-0.4, -0.2) is 16.9 Å². The summed E-state index contributed by atoms with van der Waals surface area (Å²) >= 11 is 5.07. The Balaban J connectivity index is 3.21. The largest absolute Gasteiger partial charge is 0.402 e. The van der Waals surface area contributed by atoms with Gasteiger partial charge >= 0.3 is 0 Å². The molecule has 6 N–H and O–H groups in total. The zero-order chi connectivity index (χ0) is 19.1. The summed E-state index contributed by atoms with van der Waals surface area (Å²) in [5.41, 5.74) is 11.4. The summed E-state index contributed by atoms with van der Waals surface area (Å²) in [7, 11) is 0. The Morgan fingerprint density at radius 3 is 2.56 bits per heavy atom. The van der Waals surface area contributed by atoms with E-state index >= 15 is 0 Å². The Morgan fingerprint density at radius 1 is 1.44 bits per heavy atom. The standard InChI is InChI=1S/C17H22FN5OS/c1-9(2)6-13(17(21)24)22-12-5-4-11(8-19)16(15(12)18)23-14(25)7-10(3)20/h4-5,7,9,13,22H,6,20H2,1-3H3,(H2,21,24)(H,23,25). The summed E-state index contributed by atoms with van der Waals surface area (Å²) < 4.78 is 14.8. The monoisotopic (exact) mass is 363 g/mol. The predicted octanol–water partition coefficient (Wildman–Crippen LogP) is 2.61. The first-order valence-corrected chi connectivity index (χ1v) is 8.09. The third kappa shape index (κ3) is 6.04. The summed E-state index contributed by atoms with van der Waals surface area (Å²) in [6.07, 6.45) is 1.89. The molecular weight excluding hydrogens is 341 g/mol. The number of allylic oxidation sites excluding steroid dienone is 1. The molecule has 0 aromatic heterocycles.